The Morgan fingerprint density at radius 3 is 2.43 bits per heavy atom. The number of methoxy groups -OCH3 is 1. The molecule has 0 heterocycles. The van der Waals surface area contributed by atoms with Gasteiger partial charge in [-0.1, -0.05) is 23.7 Å². The lowest BCUT2D eigenvalue weighted by Crippen LogP contribution is -2.23. The van der Waals surface area contributed by atoms with Crippen LogP contribution in [0.4, 0.5) is 5.69 Å². The van der Waals surface area contributed by atoms with Crippen LogP contribution in [0.1, 0.15) is 17.3 Å². The van der Waals surface area contributed by atoms with Crippen LogP contribution >= 0.6 is 23.4 Å². The average molecular weight is 350 g/mol. The van der Waals surface area contributed by atoms with Crippen LogP contribution in [0.3, 0.4) is 0 Å². The highest BCUT2D eigenvalue weighted by molar-refractivity contribution is 8.00. The number of para-hydroxylation sites is 1. The Balaban J connectivity index is 2.06. The monoisotopic (exact) mass is 349 g/mol. The van der Waals surface area contributed by atoms with Gasteiger partial charge in [0.15, 0.2) is 0 Å². The molecule has 0 aromatic heterocycles. The number of nitrogens with one attached hydrogen (secondary N) is 1. The molecule has 120 valence electrons. The van der Waals surface area contributed by atoms with E-state index in [1.165, 1.54) is 18.9 Å². The molecule has 0 unspecified atom stereocenters. The summed E-state index contributed by atoms with van der Waals surface area (Å²) in [6.07, 6.45) is 0. The number of ether oxygens (including phenoxy) is 1. The number of benzene rings is 2. The van der Waals surface area contributed by atoms with Gasteiger partial charge in [-0.05, 0) is 43.3 Å². The first-order valence-electron chi connectivity index (χ1n) is 6.91. The van der Waals surface area contributed by atoms with Crippen molar-refractivity contribution < 1.29 is 14.3 Å². The molecule has 0 spiro atoms. The Kier molecular flexibility index (Phi) is 6.07. The predicted molar refractivity (Wildman–Crippen MR) is 93.2 cm³/mol. The Morgan fingerprint density at radius 1 is 1.13 bits per heavy atom. The molecule has 0 radical (unpaired) electrons. The molecule has 0 aliphatic rings. The molecular weight excluding hydrogens is 334 g/mol. The highest BCUT2D eigenvalue weighted by Crippen LogP contribution is 2.26. The standard InChI is InChI=1S/C17H16ClNO3S/c1-11(23-13-9-7-12(18)8-10-13)16(20)19-15-6-4-3-5-14(15)17(21)22-2/h3-11H,1-2H3,(H,19,20)/t11-/m1/s1. The highest BCUT2D eigenvalue weighted by atomic mass is 35.5. The van der Waals surface area contributed by atoms with E-state index >= 15 is 0 Å². The molecule has 2 aromatic carbocycles. The molecule has 1 amide bonds. The molecule has 0 bridgehead atoms. The predicted octanol–water partition coefficient (Wildman–Crippen LogP) is 4.25. The Hall–Kier alpha value is -1.98. The zero-order valence-electron chi connectivity index (χ0n) is 12.7. The second kappa shape index (κ2) is 8.04. The molecule has 0 saturated heterocycles. The molecule has 4 nitrogen and oxygen atoms in total. The van der Waals surface area contributed by atoms with Crippen molar-refractivity contribution in [2.75, 3.05) is 12.4 Å². The topological polar surface area (TPSA) is 55.4 Å². The Bertz CT molecular complexity index is 703. The van der Waals surface area contributed by atoms with Gasteiger partial charge in [0, 0.05) is 9.92 Å². The van der Waals surface area contributed by atoms with Gasteiger partial charge in [0.1, 0.15) is 0 Å². The van der Waals surface area contributed by atoms with Gasteiger partial charge in [-0.2, -0.15) is 0 Å². The van der Waals surface area contributed by atoms with Gasteiger partial charge in [0.2, 0.25) is 5.91 Å². The van der Waals surface area contributed by atoms with Gasteiger partial charge in [-0.15, -0.1) is 11.8 Å². The fourth-order valence-corrected chi connectivity index (χ4v) is 2.88. The SMILES string of the molecule is COC(=O)c1ccccc1NC(=O)[C@@H](C)Sc1ccc(Cl)cc1. The van der Waals surface area contributed by atoms with E-state index in [9.17, 15) is 9.59 Å². The van der Waals surface area contributed by atoms with Gasteiger partial charge in [-0.25, -0.2) is 4.79 Å². The van der Waals surface area contributed by atoms with Crippen molar-refractivity contribution in [1.29, 1.82) is 0 Å². The van der Waals surface area contributed by atoms with Crippen molar-refractivity contribution >= 4 is 40.9 Å². The first-order valence-corrected chi connectivity index (χ1v) is 8.17. The summed E-state index contributed by atoms with van der Waals surface area (Å²) in [5, 5.41) is 3.09. The highest BCUT2D eigenvalue weighted by Gasteiger charge is 2.18. The first kappa shape index (κ1) is 17.4. The normalized spacial score (nSPS) is 11.6. The first-order chi connectivity index (χ1) is 11.0. The van der Waals surface area contributed by atoms with Crippen LogP contribution < -0.4 is 5.32 Å². The minimum absolute atomic E-state index is 0.193. The zero-order chi connectivity index (χ0) is 16.8. The smallest absolute Gasteiger partial charge is 0.339 e. The van der Waals surface area contributed by atoms with Gasteiger partial charge in [0.25, 0.3) is 0 Å². The molecule has 2 rings (SSSR count). The molecule has 6 heteroatoms. The molecule has 0 aliphatic heterocycles. The number of hydrogen-bond acceptors (Lipinski definition) is 4. The van der Waals surface area contributed by atoms with Crippen molar-refractivity contribution in [2.24, 2.45) is 0 Å². The fraction of sp³-hybridized carbons (Fsp3) is 0.176. The van der Waals surface area contributed by atoms with Crippen LogP contribution in [-0.2, 0) is 9.53 Å². The Morgan fingerprint density at radius 2 is 1.78 bits per heavy atom. The van der Waals surface area contributed by atoms with Crippen molar-refractivity contribution in [1.82, 2.24) is 0 Å². The molecule has 0 saturated carbocycles. The number of halogens is 1. The molecule has 0 aliphatic carbocycles. The molecule has 23 heavy (non-hydrogen) atoms. The lowest BCUT2D eigenvalue weighted by molar-refractivity contribution is -0.115. The minimum Gasteiger partial charge on any atom is -0.465 e. The second-order valence-electron chi connectivity index (χ2n) is 4.74. The van der Waals surface area contributed by atoms with E-state index in [0.717, 1.165) is 4.90 Å². The lowest BCUT2D eigenvalue weighted by atomic mass is 10.2. The Labute approximate surface area is 144 Å². The van der Waals surface area contributed by atoms with E-state index < -0.39 is 5.97 Å². The number of amides is 1. The van der Waals surface area contributed by atoms with Gasteiger partial charge < -0.3 is 10.1 Å². The maximum atomic E-state index is 12.3. The summed E-state index contributed by atoms with van der Waals surface area (Å²) in [5.74, 6) is -0.680. The summed E-state index contributed by atoms with van der Waals surface area (Å²) in [6, 6.07) is 14.0. The number of esters is 1. The van der Waals surface area contributed by atoms with Gasteiger partial charge >= 0.3 is 5.97 Å². The maximum absolute atomic E-state index is 12.3. The fourth-order valence-electron chi connectivity index (χ4n) is 1.89. The van der Waals surface area contributed by atoms with E-state index in [1.807, 2.05) is 12.1 Å². The third-order valence-electron chi connectivity index (χ3n) is 3.09. The summed E-state index contributed by atoms with van der Waals surface area (Å²) >= 11 is 7.26. The largest absolute Gasteiger partial charge is 0.465 e. The van der Waals surface area contributed by atoms with Crippen LogP contribution in [0.25, 0.3) is 0 Å². The second-order valence-corrected chi connectivity index (χ2v) is 6.59. The van der Waals surface area contributed by atoms with Gasteiger partial charge in [-0.3, -0.25) is 4.79 Å². The summed E-state index contributed by atoms with van der Waals surface area (Å²) in [5.41, 5.74) is 0.764. The van der Waals surface area contributed by atoms with E-state index in [0.29, 0.717) is 16.3 Å². The van der Waals surface area contributed by atoms with E-state index in [4.69, 9.17) is 16.3 Å². The van der Waals surface area contributed by atoms with E-state index in [-0.39, 0.29) is 11.2 Å². The number of hydrogen-bond donors (Lipinski definition) is 1. The van der Waals surface area contributed by atoms with Crippen molar-refractivity contribution in [3.8, 4) is 0 Å². The maximum Gasteiger partial charge on any atom is 0.339 e. The number of carbonyl (C=O) groups excluding carboxylic acids is 2. The molecule has 1 N–H and O–H groups in total. The zero-order valence-corrected chi connectivity index (χ0v) is 14.3. The van der Waals surface area contributed by atoms with Crippen molar-refractivity contribution in [2.45, 2.75) is 17.1 Å². The average Bonchev–Trinajstić information content (AvgIpc) is 2.56. The lowest BCUT2D eigenvalue weighted by Gasteiger charge is -2.14. The van der Waals surface area contributed by atoms with Crippen LogP contribution in [0.15, 0.2) is 53.4 Å². The van der Waals surface area contributed by atoms with E-state index in [2.05, 4.69) is 5.32 Å². The molecule has 1 atom stereocenters. The van der Waals surface area contributed by atoms with Crippen molar-refractivity contribution in [3.05, 3.63) is 59.1 Å². The van der Waals surface area contributed by atoms with Crippen LogP contribution in [0.2, 0.25) is 5.02 Å². The van der Waals surface area contributed by atoms with Crippen LogP contribution in [0, 0.1) is 0 Å². The third-order valence-corrected chi connectivity index (χ3v) is 4.45. The van der Waals surface area contributed by atoms with Crippen molar-refractivity contribution in [3.63, 3.8) is 0 Å². The van der Waals surface area contributed by atoms with Gasteiger partial charge in [0.05, 0.1) is 23.6 Å². The van der Waals surface area contributed by atoms with Crippen LogP contribution in [-0.4, -0.2) is 24.2 Å². The summed E-state index contributed by atoms with van der Waals surface area (Å²) in [6.45, 7) is 1.80. The number of carbonyl (C=O) groups is 2. The number of thioether (sulfide) groups is 1. The summed E-state index contributed by atoms with van der Waals surface area (Å²) in [4.78, 5) is 25.0. The number of rotatable bonds is 5. The molecular formula is C17H16ClNO3S. The number of anilines is 1. The molecule has 0 fully saturated rings. The van der Waals surface area contributed by atoms with Crippen LogP contribution in [0.5, 0.6) is 0 Å². The molecule has 2 aromatic rings. The third kappa shape index (κ3) is 4.74. The minimum atomic E-state index is -0.487. The van der Waals surface area contributed by atoms with E-state index in [1.54, 1.807) is 43.3 Å². The summed E-state index contributed by atoms with van der Waals surface area (Å²) < 4.78 is 4.72. The quantitative estimate of drug-likeness (QED) is 0.647. The summed E-state index contributed by atoms with van der Waals surface area (Å²) in [7, 11) is 1.31.